The lowest BCUT2D eigenvalue weighted by Crippen LogP contribution is -1.89. The maximum Gasteiger partial charge on any atom is 0.307 e. The third kappa shape index (κ3) is 2.28. The minimum absolute atomic E-state index is 0.0417. The maximum atomic E-state index is 10.3. The third-order valence-corrected chi connectivity index (χ3v) is 2.23. The molecule has 4 heteroatoms. The van der Waals surface area contributed by atoms with Gasteiger partial charge in [0, 0.05) is 0 Å². The van der Waals surface area contributed by atoms with E-state index in [2.05, 4.69) is 9.97 Å². The number of hydrogen-bond donors (Lipinski definition) is 2. The van der Waals surface area contributed by atoms with Gasteiger partial charge < -0.3 is 10.1 Å². The molecule has 0 aliphatic rings. The number of imidazole rings is 1. The van der Waals surface area contributed by atoms with Gasteiger partial charge in [0.25, 0.3) is 0 Å². The van der Waals surface area contributed by atoms with Crippen LogP contribution in [0.2, 0.25) is 0 Å². The van der Waals surface area contributed by atoms with Gasteiger partial charge in [-0.2, -0.15) is 0 Å². The second-order valence-electron chi connectivity index (χ2n) is 3.60. The van der Waals surface area contributed by atoms with E-state index in [4.69, 9.17) is 5.11 Å². The largest absolute Gasteiger partial charge is 0.481 e. The zero-order valence-electron chi connectivity index (χ0n) is 8.90. The molecule has 4 nitrogen and oxygen atoms in total. The van der Waals surface area contributed by atoms with Gasteiger partial charge in [0.05, 0.1) is 17.5 Å². The van der Waals surface area contributed by atoms with Crippen LogP contribution in [0, 0.1) is 6.92 Å². The summed E-state index contributed by atoms with van der Waals surface area (Å²) >= 11 is 0. The number of nitrogens with one attached hydrogen (secondary N) is 1. The van der Waals surface area contributed by atoms with E-state index < -0.39 is 5.97 Å². The minimum atomic E-state index is -0.824. The topological polar surface area (TPSA) is 66.0 Å². The number of aliphatic carboxylic acids is 1. The molecule has 0 radical (unpaired) electrons. The summed E-state index contributed by atoms with van der Waals surface area (Å²) in [6.07, 6.45) is 3.47. The fraction of sp³-hybridized carbons (Fsp3) is 0.167. The number of carboxylic acids is 1. The molecule has 1 heterocycles. The highest BCUT2D eigenvalue weighted by molar-refractivity contribution is 5.78. The van der Waals surface area contributed by atoms with E-state index in [1.54, 1.807) is 12.2 Å². The summed E-state index contributed by atoms with van der Waals surface area (Å²) in [7, 11) is 0. The molecule has 1 aromatic heterocycles. The van der Waals surface area contributed by atoms with E-state index in [1.807, 2.05) is 25.1 Å². The Morgan fingerprint density at radius 1 is 1.56 bits per heavy atom. The van der Waals surface area contributed by atoms with E-state index >= 15 is 0 Å². The molecule has 0 saturated carbocycles. The zero-order valence-corrected chi connectivity index (χ0v) is 8.90. The Bertz CT molecular complexity index is 555. The molecular formula is C12H12N2O2. The molecule has 0 amide bonds. The van der Waals surface area contributed by atoms with Crippen LogP contribution in [0.4, 0.5) is 0 Å². The van der Waals surface area contributed by atoms with E-state index in [-0.39, 0.29) is 6.42 Å². The van der Waals surface area contributed by atoms with Gasteiger partial charge in [0.15, 0.2) is 0 Å². The van der Waals surface area contributed by atoms with Crippen molar-refractivity contribution in [3.05, 3.63) is 35.7 Å². The van der Waals surface area contributed by atoms with Crippen molar-refractivity contribution in [3.63, 3.8) is 0 Å². The highest BCUT2D eigenvalue weighted by atomic mass is 16.4. The third-order valence-electron chi connectivity index (χ3n) is 2.23. The van der Waals surface area contributed by atoms with Crippen molar-refractivity contribution in [2.75, 3.05) is 0 Å². The Hall–Kier alpha value is -2.10. The smallest absolute Gasteiger partial charge is 0.307 e. The number of carbonyl (C=O) groups is 1. The summed E-state index contributed by atoms with van der Waals surface area (Å²) in [6.45, 7) is 1.90. The molecule has 0 saturated heterocycles. The monoisotopic (exact) mass is 216 g/mol. The zero-order chi connectivity index (χ0) is 11.5. The summed E-state index contributed by atoms with van der Waals surface area (Å²) < 4.78 is 0. The Kier molecular flexibility index (Phi) is 2.72. The van der Waals surface area contributed by atoms with Crippen molar-refractivity contribution >= 4 is 23.1 Å². The highest BCUT2D eigenvalue weighted by Crippen LogP contribution is 2.14. The van der Waals surface area contributed by atoms with Gasteiger partial charge in [-0.3, -0.25) is 4.79 Å². The number of nitrogens with zero attached hydrogens (tertiary/aromatic N) is 1. The highest BCUT2D eigenvalue weighted by Gasteiger charge is 1.98. The summed E-state index contributed by atoms with van der Waals surface area (Å²) in [6, 6.07) is 5.79. The van der Waals surface area contributed by atoms with E-state index in [9.17, 15) is 4.79 Å². The number of H-pyrrole nitrogens is 1. The normalized spacial score (nSPS) is 11.3. The van der Waals surface area contributed by atoms with Crippen molar-refractivity contribution in [1.29, 1.82) is 0 Å². The maximum absolute atomic E-state index is 10.3. The van der Waals surface area contributed by atoms with Crippen LogP contribution >= 0.6 is 0 Å². The average molecular weight is 216 g/mol. The molecule has 2 rings (SSSR count). The Balaban J connectivity index is 2.25. The Labute approximate surface area is 92.6 Å². The van der Waals surface area contributed by atoms with Crippen molar-refractivity contribution in [1.82, 2.24) is 9.97 Å². The number of carboxylic acid groups (broad SMARTS) is 1. The fourth-order valence-corrected chi connectivity index (χ4v) is 1.55. The number of aromatic nitrogens is 2. The SMILES string of the molecule is Cc1nc2ccc(C=CCC(=O)O)cc2[nH]1. The van der Waals surface area contributed by atoms with Crippen LogP contribution in [0.5, 0.6) is 0 Å². The van der Waals surface area contributed by atoms with Crippen LogP contribution in [-0.2, 0) is 4.79 Å². The van der Waals surface area contributed by atoms with Gasteiger partial charge in [-0.05, 0) is 24.6 Å². The molecule has 0 aliphatic heterocycles. The van der Waals surface area contributed by atoms with Crippen molar-refractivity contribution in [2.24, 2.45) is 0 Å². The van der Waals surface area contributed by atoms with Gasteiger partial charge in [0.2, 0.25) is 0 Å². The number of aryl methyl sites for hydroxylation is 1. The second-order valence-corrected chi connectivity index (χ2v) is 3.60. The van der Waals surface area contributed by atoms with Crippen LogP contribution in [0.3, 0.4) is 0 Å². The Morgan fingerprint density at radius 3 is 3.12 bits per heavy atom. The van der Waals surface area contributed by atoms with Crippen LogP contribution in [0.15, 0.2) is 24.3 Å². The fourth-order valence-electron chi connectivity index (χ4n) is 1.55. The van der Waals surface area contributed by atoms with Gasteiger partial charge >= 0.3 is 5.97 Å². The minimum Gasteiger partial charge on any atom is -0.481 e. The van der Waals surface area contributed by atoms with Crippen LogP contribution in [-0.4, -0.2) is 21.0 Å². The molecule has 2 N–H and O–H groups in total. The molecule has 1 aromatic carbocycles. The number of aromatic amines is 1. The summed E-state index contributed by atoms with van der Waals surface area (Å²) in [5, 5.41) is 8.50. The van der Waals surface area contributed by atoms with Crippen LogP contribution < -0.4 is 0 Å². The molecule has 0 bridgehead atoms. The van der Waals surface area contributed by atoms with Gasteiger partial charge in [-0.15, -0.1) is 0 Å². The molecule has 0 unspecified atom stereocenters. The molecular weight excluding hydrogens is 204 g/mol. The number of fused-ring (bicyclic) bond motifs is 1. The first-order valence-corrected chi connectivity index (χ1v) is 5.00. The standard InChI is InChI=1S/C12H12N2O2/c1-8-13-10-6-5-9(7-11(10)14-8)3-2-4-12(15)16/h2-3,5-7H,4H2,1H3,(H,13,14)(H,15,16). The van der Waals surface area contributed by atoms with E-state index in [0.29, 0.717) is 0 Å². The first kappa shape index (κ1) is 10.4. The second kappa shape index (κ2) is 4.18. The molecule has 82 valence electrons. The molecule has 0 fully saturated rings. The Morgan fingerprint density at radius 2 is 2.38 bits per heavy atom. The molecule has 0 aliphatic carbocycles. The van der Waals surface area contributed by atoms with E-state index in [0.717, 1.165) is 22.4 Å². The predicted octanol–water partition coefficient (Wildman–Crippen LogP) is 2.36. The predicted molar refractivity (Wildman–Crippen MR) is 62.1 cm³/mol. The lowest BCUT2D eigenvalue weighted by Gasteiger charge is -1.93. The number of benzene rings is 1. The summed E-state index contributed by atoms with van der Waals surface area (Å²) in [4.78, 5) is 17.8. The molecule has 0 atom stereocenters. The number of hydrogen-bond acceptors (Lipinski definition) is 2. The van der Waals surface area contributed by atoms with Crippen molar-refractivity contribution in [3.8, 4) is 0 Å². The van der Waals surface area contributed by atoms with Crippen LogP contribution in [0.25, 0.3) is 17.1 Å². The molecule has 0 spiro atoms. The first-order valence-electron chi connectivity index (χ1n) is 5.00. The van der Waals surface area contributed by atoms with Crippen molar-refractivity contribution in [2.45, 2.75) is 13.3 Å². The van der Waals surface area contributed by atoms with Gasteiger partial charge in [0.1, 0.15) is 5.82 Å². The molecule has 16 heavy (non-hydrogen) atoms. The lowest BCUT2D eigenvalue weighted by atomic mass is 10.2. The van der Waals surface area contributed by atoms with Crippen molar-refractivity contribution < 1.29 is 9.90 Å². The summed E-state index contributed by atoms with van der Waals surface area (Å²) in [5.41, 5.74) is 2.86. The quantitative estimate of drug-likeness (QED) is 0.827. The van der Waals surface area contributed by atoms with Crippen LogP contribution in [0.1, 0.15) is 17.8 Å². The van der Waals surface area contributed by atoms with E-state index in [1.165, 1.54) is 0 Å². The number of rotatable bonds is 3. The van der Waals surface area contributed by atoms with Gasteiger partial charge in [-0.1, -0.05) is 18.2 Å². The summed E-state index contributed by atoms with van der Waals surface area (Å²) in [5.74, 6) is 0.0522. The first-order chi connectivity index (χ1) is 7.65. The average Bonchev–Trinajstić information content (AvgIpc) is 2.56. The lowest BCUT2D eigenvalue weighted by molar-refractivity contribution is -0.135. The van der Waals surface area contributed by atoms with Gasteiger partial charge in [-0.25, -0.2) is 4.98 Å². The molecule has 2 aromatic rings.